The molecule has 0 bridgehead atoms. The van der Waals surface area contributed by atoms with Crippen molar-refractivity contribution in [2.75, 3.05) is 19.6 Å². The molecule has 4 nitrogen and oxygen atoms in total. The van der Waals surface area contributed by atoms with E-state index in [1.54, 1.807) is 11.3 Å². The van der Waals surface area contributed by atoms with Crippen molar-refractivity contribution in [3.05, 3.63) is 51.5 Å². The van der Waals surface area contributed by atoms with Crippen LogP contribution < -0.4 is 10.6 Å². The fraction of sp³-hybridized carbons (Fsp3) is 0.474. The summed E-state index contributed by atoms with van der Waals surface area (Å²) in [4.78, 5) is 9.22. The Morgan fingerprint density at radius 3 is 2.58 bits per heavy atom. The molecular formula is C19H28N4S. The molecule has 2 rings (SSSR count). The molecule has 0 saturated heterocycles. The Hall–Kier alpha value is -1.88. The third kappa shape index (κ3) is 5.96. The molecule has 0 saturated carbocycles. The number of nitrogens with one attached hydrogen (secondary N) is 2. The number of thiazole rings is 1. The van der Waals surface area contributed by atoms with Crippen LogP contribution in [0.5, 0.6) is 0 Å². The lowest BCUT2D eigenvalue weighted by molar-refractivity contribution is 0.743. The molecule has 0 aliphatic heterocycles. The van der Waals surface area contributed by atoms with E-state index >= 15 is 0 Å². The summed E-state index contributed by atoms with van der Waals surface area (Å²) >= 11 is 1.70. The average Bonchev–Trinajstić information content (AvgIpc) is 2.98. The first-order chi connectivity index (χ1) is 11.6. The lowest BCUT2D eigenvalue weighted by Gasteiger charge is -2.13. The Kier molecular flexibility index (Phi) is 7.25. The summed E-state index contributed by atoms with van der Waals surface area (Å²) in [5.41, 5.74) is 3.77. The molecule has 2 aromatic rings. The Labute approximate surface area is 149 Å². The quantitative estimate of drug-likeness (QED) is 0.595. The molecule has 0 amide bonds. The van der Waals surface area contributed by atoms with Crippen molar-refractivity contribution >= 4 is 17.3 Å². The van der Waals surface area contributed by atoms with Gasteiger partial charge in [-0.15, -0.1) is 11.3 Å². The van der Waals surface area contributed by atoms with Gasteiger partial charge in [0, 0.05) is 37.4 Å². The first-order valence-electron chi connectivity index (χ1n) is 8.58. The summed E-state index contributed by atoms with van der Waals surface area (Å²) < 4.78 is 0. The lowest BCUT2D eigenvalue weighted by atomic mass is 10.0. The van der Waals surface area contributed by atoms with E-state index in [-0.39, 0.29) is 0 Å². The zero-order valence-corrected chi connectivity index (χ0v) is 15.9. The van der Waals surface area contributed by atoms with Crippen molar-refractivity contribution in [3.8, 4) is 0 Å². The zero-order chi connectivity index (χ0) is 17.4. The summed E-state index contributed by atoms with van der Waals surface area (Å²) in [5, 5.41) is 9.96. The van der Waals surface area contributed by atoms with Gasteiger partial charge in [-0.3, -0.25) is 4.99 Å². The lowest BCUT2D eigenvalue weighted by Crippen LogP contribution is -2.38. The molecule has 130 valence electrons. The van der Waals surface area contributed by atoms with E-state index in [1.807, 2.05) is 6.92 Å². The largest absolute Gasteiger partial charge is 0.357 e. The third-order valence-electron chi connectivity index (χ3n) is 3.85. The molecule has 0 fully saturated rings. The standard InChI is InChI=1S/C19H28N4S/c1-5-20-19(21-11-10-18-13-24-16(4)23-18)22-12-15(3)17-8-6-14(2)7-9-17/h6-9,13,15H,5,10-12H2,1-4H3,(H2,20,21,22). The summed E-state index contributed by atoms with van der Waals surface area (Å²) in [6.07, 6.45) is 0.919. The molecule has 1 atom stereocenters. The second kappa shape index (κ2) is 9.42. The number of benzene rings is 1. The summed E-state index contributed by atoms with van der Waals surface area (Å²) in [7, 11) is 0. The molecule has 0 spiro atoms. The molecule has 1 aromatic heterocycles. The monoisotopic (exact) mass is 344 g/mol. The number of nitrogens with zero attached hydrogens (tertiary/aromatic N) is 2. The van der Waals surface area contributed by atoms with E-state index in [1.165, 1.54) is 11.1 Å². The number of hydrogen-bond donors (Lipinski definition) is 2. The van der Waals surface area contributed by atoms with E-state index in [2.05, 4.69) is 66.0 Å². The molecule has 0 radical (unpaired) electrons. The highest BCUT2D eigenvalue weighted by atomic mass is 32.1. The molecule has 2 N–H and O–H groups in total. The molecule has 5 heteroatoms. The minimum Gasteiger partial charge on any atom is -0.357 e. The van der Waals surface area contributed by atoms with Crippen LogP contribution in [0.25, 0.3) is 0 Å². The Balaban J connectivity index is 1.86. The van der Waals surface area contributed by atoms with Gasteiger partial charge in [0.2, 0.25) is 0 Å². The number of hydrogen-bond acceptors (Lipinski definition) is 3. The van der Waals surface area contributed by atoms with Crippen LogP contribution in [0, 0.1) is 13.8 Å². The second-order valence-electron chi connectivity index (χ2n) is 6.07. The van der Waals surface area contributed by atoms with Gasteiger partial charge in [0.05, 0.1) is 10.7 Å². The fourth-order valence-corrected chi connectivity index (χ4v) is 3.05. The first kappa shape index (κ1) is 18.5. The van der Waals surface area contributed by atoms with Crippen LogP contribution in [0.1, 0.15) is 41.6 Å². The van der Waals surface area contributed by atoms with Crippen molar-refractivity contribution < 1.29 is 0 Å². The molecule has 0 aliphatic rings. The van der Waals surface area contributed by atoms with Crippen LogP contribution >= 0.6 is 11.3 Å². The SMILES string of the molecule is CCNC(=NCC(C)c1ccc(C)cc1)NCCc1csc(C)n1. The van der Waals surface area contributed by atoms with E-state index < -0.39 is 0 Å². The van der Waals surface area contributed by atoms with Crippen LogP contribution in [0.4, 0.5) is 0 Å². The summed E-state index contributed by atoms with van der Waals surface area (Å²) in [5.74, 6) is 1.28. The van der Waals surface area contributed by atoms with Crippen molar-refractivity contribution in [2.24, 2.45) is 4.99 Å². The average molecular weight is 345 g/mol. The van der Waals surface area contributed by atoms with Gasteiger partial charge in [-0.25, -0.2) is 4.98 Å². The first-order valence-corrected chi connectivity index (χ1v) is 9.46. The van der Waals surface area contributed by atoms with Crippen LogP contribution in [0.3, 0.4) is 0 Å². The van der Waals surface area contributed by atoms with Crippen molar-refractivity contribution in [1.29, 1.82) is 0 Å². The molecular weight excluding hydrogens is 316 g/mol. The molecule has 1 heterocycles. The smallest absolute Gasteiger partial charge is 0.191 e. The van der Waals surface area contributed by atoms with Crippen LogP contribution in [-0.2, 0) is 6.42 Å². The van der Waals surface area contributed by atoms with Gasteiger partial charge in [0.25, 0.3) is 0 Å². The van der Waals surface area contributed by atoms with Gasteiger partial charge < -0.3 is 10.6 Å². The zero-order valence-electron chi connectivity index (χ0n) is 15.1. The predicted molar refractivity (Wildman–Crippen MR) is 104 cm³/mol. The summed E-state index contributed by atoms with van der Waals surface area (Å²) in [6, 6.07) is 8.71. The minimum atomic E-state index is 0.405. The topological polar surface area (TPSA) is 49.3 Å². The van der Waals surface area contributed by atoms with Gasteiger partial charge in [0.1, 0.15) is 0 Å². The van der Waals surface area contributed by atoms with Gasteiger partial charge >= 0.3 is 0 Å². The van der Waals surface area contributed by atoms with E-state index in [0.717, 1.165) is 42.7 Å². The van der Waals surface area contributed by atoms with Gasteiger partial charge in [-0.2, -0.15) is 0 Å². The maximum atomic E-state index is 4.73. The Morgan fingerprint density at radius 2 is 1.96 bits per heavy atom. The maximum absolute atomic E-state index is 4.73. The Bertz CT molecular complexity index is 646. The second-order valence-corrected chi connectivity index (χ2v) is 7.13. The van der Waals surface area contributed by atoms with Gasteiger partial charge in [0.15, 0.2) is 5.96 Å². The number of aromatic nitrogens is 1. The van der Waals surface area contributed by atoms with Gasteiger partial charge in [-0.1, -0.05) is 36.8 Å². The van der Waals surface area contributed by atoms with E-state index in [9.17, 15) is 0 Å². The van der Waals surface area contributed by atoms with Crippen molar-refractivity contribution in [1.82, 2.24) is 15.6 Å². The van der Waals surface area contributed by atoms with Crippen LogP contribution in [-0.4, -0.2) is 30.6 Å². The minimum absolute atomic E-state index is 0.405. The molecule has 1 aromatic carbocycles. The van der Waals surface area contributed by atoms with Crippen molar-refractivity contribution in [3.63, 3.8) is 0 Å². The number of guanidine groups is 1. The maximum Gasteiger partial charge on any atom is 0.191 e. The number of aryl methyl sites for hydroxylation is 2. The highest BCUT2D eigenvalue weighted by molar-refractivity contribution is 7.09. The van der Waals surface area contributed by atoms with Crippen LogP contribution in [0.15, 0.2) is 34.6 Å². The highest BCUT2D eigenvalue weighted by Crippen LogP contribution is 2.16. The fourth-order valence-electron chi connectivity index (χ4n) is 2.40. The molecule has 0 aliphatic carbocycles. The third-order valence-corrected chi connectivity index (χ3v) is 4.68. The molecule has 24 heavy (non-hydrogen) atoms. The Morgan fingerprint density at radius 1 is 1.21 bits per heavy atom. The highest BCUT2D eigenvalue weighted by Gasteiger charge is 2.06. The normalized spacial score (nSPS) is 12.9. The van der Waals surface area contributed by atoms with Crippen molar-refractivity contribution in [2.45, 2.75) is 40.0 Å². The predicted octanol–water partition coefficient (Wildman–Crippen LogP) is 3.66. The van der Waals surface area contributed by atoms with Gasteiger partial charge in [-0.05, 0) is 26.3 Å². The number of rotatable bonds is 7. The van der Waals surface area contributed by atoms with Crippen LogP contribution in [0.2, 0.25) is 0 Å². The number of aliphatic imine (C=N–C) groups is 1. The molecule has 1 unspecified atom stereocenters. The van der Waals surface area contributed by atoms with E-state index in [0.29, 0.717) is 5.92 Å². The summed E-state index contributed by atoms with van der Waals surface area (Å²) in [6.45, 7) is 10.9. The van der Waals surface area contributed by atoms with E-state index in [4.69, 9.17) is 4.99 Å².